The van der Waals surface area contributed by atoms with Crippen molar-refractivity contribution in [3.63, 3.8) is 0 Å². The van der Waals surface area contributed by atoms with Crippen LogP contribution in [0.25, 0.3) is 17.1 Å². The van der Waals surface area contributed by atoms with E-state index in [9.17, 15) is 9.59 Å². The van der Waals surface area contributed by atoms with Gasteiger partial charge in [-0.3, -0.25) is 14.3 Å². The van der Waals surface area contributed by atoms with Gasteiger partial charge in [-0.05, 0) is 50.2 Å². The molecule has 4 rings (SSSR count). The number of hydrogen-bond acceptors (Lipinski definition) is 5. The fourth-order valence-electron chi connectivity index (χ4n) is 3.64. The van der Waals surface area contributed by atoms with Crippen molar-refractivity contribution >= 4 is 35.0 Å². The zero-order valence-electron chi connectivity index (χ0n) is 19.2. The van der Waals surface area contributed by atoms with Crippen LogP contribution in [0, 0.1) is 6.92 Å². The summed E-state index contributed by atoms with van der Waals surface area (Å²) in [6.45, 7) is 4.53. The summed E-state index contributed by atoms with van der Waals surface area (Å²) in [6, 6.07) is 16.8. The summed E-state index contributed by atoms with van der Waals surface area (Å²) in [5.74, 6) is 1.04. The van der Waals surface area contributed by atoms with Crippen LogP contribution in [0.15, 0.2) is 64.5 Å². The van der Waals surface area contributed by atoms with E-state index < -0.39 is 0 Å². The topological polar surface area (TPSA) is 86.7 Å². The van der Waals surface area contributed by atoms with Gasteiger partial charge in [0.25, 0.3) is 5.56 Å². The average molecular weight is 497 g/mol. The molecule has 1 amide bonds. The van der Waals surface area contributed by atoms with E-state index in [1.54, 1.807) is 16.4 Å². The second-order valence-corrected chi connectivity index (χ2v) is 9.14. The summed E-state index contributed by atoms with van der Waals surface area (Å²) in [6.07, 6.45) is 0.233. The molecule has 10 heteroatoms. The highest BCUT2D eigenvalue weighted by molar-refractivity contribution is 7.99. The van der Waals surface area contributed by atoms with Crippen LogP contribution in [0.1, 0.15) is 19.0 Å². The van der Waals surface area contributed by atoms with Crippen LogP contribution in [0.3, 0.4) is 0 Å². The van der Waals surface area contributed by atoms with Gasteiger partial charge in [-0.1, -0.05) is 41.6 Å². The van der Waals surface area contributed by atoms with Gasteiger partial charge in [-0.15, -0.1) is 10.2 Å². The van der Waals surface area contributed by atoms with Gasteiger partial charge >= 0.3 is 0 Å². The van der Waals surface area contributed by atoms with Gasteiger partial charge in [0.15, 0.2) is 11.0 Å². The molecule has 0 aliphatic heterocycles. The maximum atomic E-state index is 13.0. The Hall–Kier alpha value is -3.30. The summed E-state index contributed by atoms with van der Waals surface area (Å²) in [5.41, 5.74) is 2.39. The molecular weight excluding hydrogens is 472 g/mol. The number of para-hydroxylation sites is 1. The molecule has 4 aromatic rings. The standard InChI is InChI=1S/C24H25ClN6O2S/c1-4-30-22(17-10-12-18(25)13-11-17)27-28-24(30)34-15-14-20(32)26-21-16(2)29(3)31(23(21)33)19-8-6-5-7-9-19/h5-13H,4,14-15H2,1-3H3,(H,26,32). The van der Waals surface area contributed by atoms with Crippen molar-refractivity contribution in [3.05, 3.63) is 75.7 Å². The van der Waals surface area contributed by atoms with Crippen LogP contribution in [0.5, 0.6) is 0 Å². The van der Waals surface area contributed by atoms with E-state index in [0.717, 1.165) is 22.2 Å². The fraction of sp³-hybridized carbons (Fsp3) is 0.250. The number of thioether (sulfide) groups is 1. The summed E-state index contributed by atoms with van der Waals surface area (Å²) in [7, 11) is 1.80. The van der Waals surface area contributed by atoms with Crippen LogP contribution < -0.4 is 10.9 Å². The van der Waals surface area contributed by atoms with Crippen molar-refractivity contribution in [1.82, 2.24) is 24.1 Å². The molecule has 2 heterocycles. The molecule has 8 nitrogen and oxygen atoms in total. The number of aromatic nitrogens is 5. The molecule has 0 saturated carbocycles. The third kappa shape index (κ3) is 4.80. The molecular formula is C24H25ClN6O2S. The Balaban J connectivity index is 1.42. The molecule has 34 heavy (non-hydrogen) atoms. The molecule has 0 aliphatic rings. The minimum atomic E-state index is -0.259. The Morgan fingerprint density at radius 3 is 2.47 bits per heavy atom. The lowest BCUT2D eigenvalue weighted by Gasteiger charge is -2.08. The molecule has 1 N–H and O–H groups in total. The number of carbonyl (C=O) groups excluding carboxylic acids is 1. The Morgan fingerprint density at radius 1 is 1.09 bits per heavy atom. The molecule has 0 bridgehead atoms. The van der Waals surface area contributed by atoms with Crippen molar-refractivity contribution in [3.8, 4) is 17.1 Å². The maximum Gasteiger partial charge on any atom is 0.295 e. The first-order valence-electron chi connectivity index (χ1n) is 10.9. The predicted molar refractivity (Wildman–Crippen MR) is 136 cm³/mol. The molecule has 0 spiro atoms. The maximum absolute atomic E-state index is 13.0. The van der Waals surface area contributed by atoms with Crippen molar-refractivity contribution in [2.45, 2.75) is 32.0 Å². The van der Waals surface area contributed by atoms with Gasteiger partial charge in [0.1, 0.15) is 5.69 Å². The second kappa shape index (κ2) is 10.3. The predicted octanol–water partition coefficient (Wildman–Crippen LogP) is 4.54. The van der Waals surface area contributed by atoms with Crippen LogP contribution in [0.4, 0.5) is 5.69 Å². The van der Waals surface area contributed by atoms with Gasteiger partial charge in [0, 0.05) is 36.4 Å². The van der Waals surface area contributed by atoms with E-state index in [0.29, 0.717) is 28.7 Å². The SMILES string of the molecule is CCn1c(SCCC(=O)Nc2c(C)n(C)n(-c3ccccc3)c2=O)nnc1-c1ccc(Cl)cc1. The second-order valence-electron chi connectivity index (χ2n) is 7.64. The number of benzene rings is 2. The molecule has 0 saturated heterocycles. The normalized spacial score (nSPS) is 11.1. The third-order valence-electron chi connectivity index (χ3n) is 5.51. The molecule has 2 aromatic heterocycles. The highest BCUT2D eigenvalue weighted by Crippen LogP contribution is 2.25. The Bertz CT molecular complexity index is 1360. The molecule has 176 valence electrons. The number of hydrogen-bond donors (Lipinski definition) is 1. The zero-order valence-corrected chi connectivity index (χ0v) is 20.7. The molecule has 2 aromatic carbocycles. The molecule has 0 unspecified atom stereocenters. The zero-order chi connectivity index (χ0) is 24.2. The van der Waals surface area contributed by atoms with E-state index in [2.05, 4.69) is 15.5 Å². The van der Waals surface area contributed by atoms with E-state index >= 15 is 0 Å². The van der Waals surface area contributed by atoms with E-state index in [-0.39, 0.29) is 17.9 Å². The smallest absolute Gasteiger partial charge is 0.295 e. The highest BCUT2D eigenvalue weighted by Gasteiger charge is 2.19. The first-order chi connectivity index (χ1) is 16.4. The summed E-state index contributed by atoms with van der Waals surface area (Å²) in [4.78, 5) is 25.6. The van der Waals surface area contributed by atoms with Gasteiger partial charge in [-0.25, -0.2) is 4.68 Å². The van der Waals surface area contributed by atoms with Gasteiger partial charge in [0.2, 0.25) is 5.91 Å². The van der Waals surface area contributed by atoms with E-state index in [1.165, 1.54) is 11.8 Å². The van der Waals surface area contributed by atoms with Crippen molar-refractivity contribution in [2.24, 2.45) is 7.05 Å². The Morgan fingerprint density at radius 2 is 1.79 bits per heavy atom. The lowest BCUT2D eigenvalue weighted by molar-refractivity contribution is -0.115. The summed E-state index contributed by atoms with van der Waals surface area (Å²) >= 11 is 7.44. The minimum absolute atomic E-state index is 0.223. The van der Waals surface area contributed by atoms with Crippen LogP contribution in [-0.2, 0) is 18.4 Å². The number of carbonyl (C=O) groups is 1. The highest BCUT2D eigenvalue weighted by atomic mass is 35.5. The number of halogens is 1. The molecule has 0 fully saturated rings. The summed E-state index contributed by atoms with van der Waals surface area (Å²) < 4.78 is 5.29. The van der Waals surface area contributed by atoms with Crippen molar-refractivity contribution < 1.29 is 4.79 Å². The number of rotatable bonds is 8. The average Bonchev–Trinajstić information content (AvgIpc) is 3.34. The largest absolute Gasteiger partial charge is 0.320 e. The van der Waals surface area contributed by atoms with Crippen molar-refractivity contribution in [1.29, 1.82) is 0 Å². The van der Waals surface area contributed by atoms with Crippen LogP contribution in [0.2, 0.25) is 5.02 Å². The summed E-state index contributed by atoms with van der Waals surface area (Å²) in [5, 5.41) is 12.8. The van der Waals surface area contributed by atoms with Crippen LogP contribution in [-0.4, -0.2) is 35.8 Å². The Labute approximate surface area is 206 Å². The Kier molecular flexibility index (Phi) is 7.23. The van der Waals surface area contributed by atoms with Crippen LogP contribution >= 0.6 is 23.4 Å². The first kappa shape index (κ1) is 23.8. The number of nitrogens with one attached hydrogen (secondary N) is 1. The number of amides is 1. The molecule has 0 aliphatic carbocycles. The minimum Gasteiger partial charge on any atom is -0.320 e. The monoisotopic (exact) mass is 496 g/mol. The van der Waals surface area contributed by atoms with Gasteiger partial charge in [-0.2, -0.15) is 0 Å². The number of anilines is 1. The lowest BCUT2D eigenvalue weighted by Crippen LogP contribution is -2.23. The molecule has 0 atom stereocenters. The third-order valence-corrected chi connectivity index (χ3v) is 6.73. The fourth-order valence-corrected chi connectivity index (χ4v) is 4.71. The number of nitrogens with zero attached hydrogens (tertiary/aromatic N) is 5. The van der Waals surface area contributed by atoms with Crippen molar-refractivity contribution in [2.75, 3.05) is 11.1 Å². The van der Waals surface area contributed by atoms with E-state index in [4.69, 9.17) is 11.6 Å². The molecule has 0 radical (unpaired) electrons. The van der Waals surface area contributed by atoms with Gasteiger partial charge < -0.3 is 9.88 Å². The lowest BCUT2D eigenvalue weighted by atomic mass is 10.2. The quantitative estimate of drug-likeness (QED) is 0.362. The first-order valence-corrected chi connectivity index (χ1v) is 12.2. The van der Waals surface area contributed by atoms with Gasteiger partial charge in [0.05, 0.1) is 11.4 Å². The van der Waals surface area contributed by atoms with E-state index in [1.807, 2.05) is 73.0 Å².